The maximum absolute atomic E-state index is 12.2. The van der Waals surface area contributed by atoms with Crippen molar-refractivity contribution in [1.29, 1.82) is 0 Å². The van der Waals surface area contributed by atoms with E-state index in [-0.39, 0.29) is 11.3 Å². The number of carbonyl (C=O) groups excluding carboxylic acids is 1. The number of carbonyl (C=O) groups is 2. The highest BCUT2D eigenvalue weighted by Crippen LogP contribution is 2.22. The van der Waals surface area contributed by atoms with E-state index in [0.717, 1.165) is 5.56 Å². The summed E-state index contributed by atoms with van der Waals surface area (Å²) in [7, 11) is 0. The second kappa shape index (κ2) is 6.83. The van der Waals surface area contributed by atoms with E-state index in [9.17, 15) is 9.59 Å². The highest BCUT2D eigenvalue weighted by molar-refractivity contribution is 6.02. The standard InChI is InChI=1S/C19H22N2O3/c1-12(18(23)24)13-5-8-15(9-6-13)21-17(22)16-10-7-14(11-20-16)19(2,3)4/h5-12H,1-4H3,(H,21,22)(H,23,24). The maximum Gasteiger partial charge on any atom is 0.310 e. The Labute approximate surface area is 141 Å². The van der Waals surface area contributed by atoms with Crippen molar-refractivity contribution in [2.45, 2.75) is 39.0 Å². The molecule has 0 aliphatic heterocycles. The Hall–Kier alpha value is -2.69. The van der Waals surface area contributed by atoms with Crippen LogP contribution >= 0.6 is 0 Å². The average Bonchev–Trinajstić information content (AvgIpc) is 2.54. The largest absolute Gasteiger partial charge is 0.481 e. The number of carboxylic acids is 1. The van der Waals surface area contributed by atoms with Crippen molar-refractivity contribution >= 4 is 17.6 Å². The molecule has 126 valence electrons. The van der Waals surface area contributed by atoms with Crippen LogP contribution < -0.4 is 5.32 Å². The lowest BCUT2D eigenvalue weighted by Gasteiger charge is -2.18. The summed E-state index contributed by atoms with van der Waals surface area (Å²) in [5.74, 6) is -1.76. The molecule has 1 aromatic carbocycles. The number of nitrogens with one attached hydrogen (secondary N) is 1. The molecule has 24 heavy (non-hydrogen) atoms. The first kappa shape index (κ1) is 17.7. The van der Waals surface area contributed by atoms with Gasteiger partial charge in [0.2, 0.25) is 0 Å². The normalized spacial score (nSPS) is 12.5. The van der Waals surface area contributed by atoms with E-state index in [2.05, 4.69) is 31.1 Å². The molecular formula is C19H22N2O3. The Balaban J connectivity index is 2.08. The van der Waals surface area contributed by atoms with Gasteiger partial charge in [0.15, 0.2) is 0 Å². The fourth-order valence-electron chi connectivity index (χ4n) is 2.16. The van der Waals surface area contributed by atoms with Gasteiger partial charge in [-0.05, 0) is 41.7 Å². The molecule has 1 amide bonds. The lowest BCUT2D eigenvalue weighted by atomic mass is 9.88. The minimum Gasteiger partial charge on any atom is -0.481 e. The zero-order chi connectivity index (χ0) is 17.9. The van der Waals surface area contributed by atoms with Crippen LogP contribution in [0.3, 0.4) is 0 Å². The number of anilines is 1. The number of amides is 1. The molecule has 1 heterocycles. The molecule has 0 saturated heterocycles. The first-order valence-electron chi connectivity index (χ1n) is 7.79. The number of aromatic nitrogens is 1. The quantitative estimate of drug-likeness (QED) is 0.895. The van der Waals surface area contributed by atoms with Gasteiger partial charge >= 0.3 is 5.97 Å². The summed E-state index contributed by atoms with van der Waals surface area (Å²) >= 11 is 0. The molecule has 0 fully saturated rings. The third-order valence-corrected chi connectivity index (χ3v) is 3.90. The predicted molar refractivity (Wildman–Crippen MR) is 93.4 cm³/mol. The van der Waals surface area contributed by atoms with Crippen molar-refractivity contribution in [3.63, 3.8) is 0 Å². The van der Waals surface area contributed by atoms with Gasteiger partial charge in [0, 0.05) is 11.9 Å². The van der Waals surface area contributed by atoms with Gasteiger partial charge in [-0.25, -0.2) is 0 Å². The monoisotopic (exact) mass is 326 g/mol. The molecule has 5 heteroatoms. The van der Waals surface area contributed by atoms with Crippen LogP contribution in [0.2, 0.25) is 0 Å². The number of pyridine rings is 1. The van der Waals surface area contributed by atoms with Crippen LogP contribution in [-0.4, -0.2) is 22.0 Å². The number of hydrogen-bond donors (Lipinski definition) is 2. The minimum absolute atomic E-state index is 0.0152. The van der Waals surface area contributed by atoms with Crippen LogP contribution in [0, 0.1) is 0 Å². The number of hydrogen-bond acceptors (Lipinski definition) is 3. The van der Waals surface area contributed by atoms with Gasteiger partial charge in [0.05, 0.1) is 5.92 Å². The highest BCUT2D eigenvalue weighted by Gasteiger charge is 2.16. The summed E-state index contributed by atoms with van der Waals surface area (Å²) in [6.45, 7) is 7.88. The summed E-state index contributed by atoms with van der Waals surface area (Å²) in [6, 6.07) is 10.4. The van der Waals surface area contributed by atoms with E-state index in [4.69, 9.17) is 5.11 Å². The fraction of sp³-hybridized carbons (Fsp3) is 0.316. The molecular weight excluding hydrogens is 304 g/mol. The van der Waals surface area contributed by atoms with Gasteiger partial charge in [-0.15, -0.1) is 0 Å². The average molecular weight is 326 g/mol. The number of benzene rings is 1. The second-order valence-electron chi connectivity index (χ2n) is 6.82. The SMILES string of the molecule is CC(C(=O)O)c1ccc(NC(=O)c2ccc(C(C)(C)C)cn2)cc1. The van der Waals surface area contributed by atoms with Gasteiger partial charge in [0.1, 0.15) is 5.69 Å². The number of rotatable bonds is 4. The van der Waals surface area contributed by atoms with E-state index in [0.29, 0.717) is 16.9 Å². The van der Waals surface area contributed by atoms with Crippen LogP contribution in [0.4, 0.5) is 5.69 Å². The van der Waals surface area contributed by atoms with Crippen LogP contribution in [0.5, 0.6) is 0 Å². The van der Waals surface area contributed by atoms with Crippen molar-refractivity contribution in [2.24, 2.45) is 0 Å². The summed E-state index contributed by atoms with van der Waals surface area (Å²) in [6.07, 6.45) is 1.71. The molecule has 0 saturated carbocycles. The topological polar surface area (TPSA) is 79.3 Å². The Kier molecular flexibility index (Phi) is 5.02. The van der Waals surface area contributed by atoms with Gasteiger partial charge in [-0.2, -0.15) is 0 Å². The van der Waals surface area contributed by atoms with Crippen LogP contribution in [0.25, 0.3) is 0 Å². The molecule has 0 radical (unpaired) electrons. The van der Waals surface area contributed by atoms with E-state index < -0.39 is 11.9 Å². The molecule has 2 N–H and O–H groups in total. The van der Waals surface area contributed by atoms with E-state index in [1.807, 2.05) is 6.07 Å². The molecule has 2 aromatic rings. The van der Waals surface area contributed by atoms with E-state index >= 15 is 0 Å². The third kappa shape index (κ3) is 4.19. The van der Waals surface area contributed by atoms with Crippen molar-refractivity contribution < 1.29 is 14.7 Å². The lowest BCUT2D eigenvalue weighted by molar-refractivity contribution is -0.138. The first-order valence-corrected chi connectivity index (χ1v) is 7.79. The molecule has 2 rings (SSSR count). The smallest absolute Gasteiger partial charge is 0.310 e. The Bertz CT molecular complexity index is 729. The summed E-state index contributed by atoms with van der Waals surface area (Å²) < 4.78 is 0. The summed E-state index contributed by atoms with van der Waals surface area (Å²) in [5.41, 5.74) is 2.67. The molecule has 0 aliphatic rings. The number of aliphatic carboxylic acids is 1. The molecule has 0 aliphatic carbocycles. The zero-order valence-corrected chi connectivity index (χ0v) is 14.3. The predicted octanol–water partition coefficient (Wildman–Crippen LogP) is 3.82. The maximum atomic E-state index is 12.2. The van der Waals surface area contributed by atoms with Crippen LogP contribution in [0.1, 0.15) is 55.2 Å². The molecule has 5 nitrogen and oxygen atoms in total. The summed E-state index contributed by atoms with van der Waals surface area (Å²) in [5, 5.41) is 11.8. The van der Waals surface area contributed by atoms with Gasteiger partial charge in [-0.3, -0.25) is 14.6 Å². The minimum atomic E-state index is -0.880. The Morgan fingerprint density at radius 1 is 1.08 bits per heavy atom. The van der Waals surface area contributed by atoms with E-state index in [1.54, 1.807) is 43.5 Å². The third-order valence-electron chi connectivity index (χ3n) is 3.90. The van der Waals surface area contributed by atoms with Crippen molar-refractivity contribution in [2.75, 3.05) is 5.32 Å². The van der Waals surface area contributed by atoms with E-state index in [1.165, 1.54) is 0 Å². The molecule has 1 aromatic heterocycles. The number of carboxylic acid groups (broad SMARTS) is 1. The van der Waals surface area contributed by atoms with Gasteiger partial charge < -0.3 is 10.4 Å². The Morgan fingerprint density at radius 3 is 2.17 bits per heavy atom. The second-order valence-corrected chi connectivity index (χ2v) is 6.82. The van der Waals surface area contributed by atoms with Crippen LogP contribution in [0.15, 0.2) is 42.6 Å². The Morgan fingerprint density at radius 2 is 1.71 bits per heavy atom. The van der Waals surface area contributed by atoms with Crippen molar-refractivity contribution in [3.8, 4) is 0 Å². The highest BCUT2D eigenvalue weighted by atomic mass is 16.4. The van der Waals surface area contributed by atoms with Gasteiger partial charge in [-0.1, -0.05) is 39.0 Å². The fourth-order valence-corrected chi connectivity index (χ4v) is 2.16. The lowest BCUT2D eigenvalue weighted by Crippen LogP contribution is -2.16. The molecule has 1 atom stereocenters. The molecule has 0 bridgehead atoms. The van der Waals surface area contributed by atoms with Crippen molar-refractivity contribution in [3.05, 3.63) is 59.4 Å². The van der Waals surface area contributed by atoms with Crippen LogP contribution in [-0.2, 0) is 10.2 Å². The van der Waals surface area contributed by atoms with Crippen molar-refractivity contribution in [1.82, 2.24) is 4.98 Å². The first-order chi connectivity index (χ1) is 11.2. The van der Waals surface area contributed by atoms with Gasteiger partial charge in [0.25, 0.3) is 5.91 Å². The zero-order valence-electron chi connectivity index (χ0n) is 14.3. The molecule has 1 unspecified atom stereocenters. The molecule has 0 spiro atoms. The number of nitrogens with zero attached hydrogens (tertiary/aromatic N) is 1. The summed E-state index contributed by atoms with van der Waals surface area (Å²) in [4.78, 5) is 27.4.